The van der Waals surface area contributed by atoms with Crippen molar-refractivity contribution in [3.8, 4) is 5.88 Å². The van der Waals surface area contributed by atoms with E-state index >= 15 is 0 Å². The number of halogens is 5. The maximum absolute atomic E-state index is 13.2. The van der Waals surface area contributed by atoms with Crippen LogP contribution in [0.2, 0.25) is 5.28 Å². The molecule has 0 saturated carbocycles. The molecule has 21 heavy (non-hydrogen) atoms. The highest BCUT2D eigenvalue weighted by Gasteiger charge is 2.29. The molecule has 0 aliphatic carbocycles. The molecule has 112 valence electrons. The van der Waals surface area contributed by atoms with E-state index in [-0.39, 0.29) is 17.8 Å². The van der Waals surface area contributed by atoms with E-state index in [1.165, 1.54) is 12.1 Å². The van der Waals surface area contributed by atoms with E-state index in [1.54, 1.807) is 0 Å². The van der Waals surface area contributed by atoms with Crippen molar-refractivity contribution in [2.75, 3.05) is 6.61 Å². The smallest absolute Gasteiger partial charge is 0.416 e. The molecule has 0 aliphatic rings. The maximum atomic E-state index is 13.2. The Balaban J connectivity index is 1.93. The molecule has 0 atom stereocenters. The zero-order valence-corrected chi connectivity index (χ0v) is 11.2. The Bertz CT molecular complexity index is 617. The molecular formula is C13H9ClF4N2O. The van der Waals surface area contributed by atoms with Gasteiger partial charge in [0.2, 0.25) is 11.1 Å². The van der Waals surface area contributed by atoms with Gasteiger partial charge in [0.15, 0.2) is 0 Å². The second kappa shape index (κ2) is 6.26. The van der Waals surface area contributed by atoms with Gasteiger partial charge in [-0.25, -0.2) is 4.98 Å². The van der Waals surface area contributed by atoms with E-state index in [4.69, 9.17) is 16.3 Å². The van der Waals surface area contributed by atoms with Crippen LogP contribution in [-0.2, 0) is 12.6 Å². The first-order valence-corrected chi connectivity index (χ1v) is 6.21. The van der Waals surface area contributed by atoms with E-state index in [9.17, 15) is 17.6 Å². The van der Waals surface area contributed by atoms with E-state index < -0.39 is 17.6 Å². The summed E-state index contributed by atoms with van der Waals surface area (Å²) in [6, 6.07) is 4.65. The van der Waals surface area contributed by atoms with Gasteiger partial charge in [0.25, 0.3) is 5.88 Å². The van der Waals surface area contributed by atoms with E-state index in [0.717, 1.165) is 18.3 Å². The van der Waals surface area contributed by atoms with Crippen LogP contribution in [0, 0.1) is 5.82 Å². The summed E-state index contributed by atoms with van der Waals surface area (Å²) in [5.74, 6) is -1.05. The molecule has 0 radical (unpaired) electrons. The molecule has 1 aromatic heterocycles. The van der Waals surface area contributed by atoms with Crippen molar-refractivity contribution in [3.05, 3.63) is 52.7 Å². The number of benzene rings is 1. The van der Waals surface area contributed by atoms with Crippen LogP contribution in [0.4, 0.5) is 17.6 Å². The van der Waals surface area contributed by atoms with E-state index in [2.05, 4.69) is 9.97 Å². The fourth-order valence-electron chi connectivity index (χ4n) is 1.56. The second-order valence-electron chi connectivity index (χ2n) is 4.09. The summed E-state index contributed by atoms with van der Waals surface area (Å²) in [7, 11) is 0. The van der Waals surface area contributed by atoms with Crippen LogP contribution in [0.25, 0.3) is 0 Å². The van der Waals surface area contributed by atoms with Gasteiger partial charge < -0.3 is 4.74 Å². The van der Waals surface area contributed by atoms with Gasteiger partial charge in [0.1, 0.15) is 0 Å². The molecule has 0 fully saturated rings. The highest BCUT2D eigenvalue weighted by molar-refractivity contribution is 6.28. The van der Waals surface area contributed by atoms with Crippen LogP contribution < -0.4 is 4.74 Å². The van der Waals surface area contributed by atoms with E-state index in [1.807, 2.05) is 0 Å². The number of rotatable bonds is 4. The first kappa shape index (κ1) is 15.5. The summed E-state index contributed by atoms with van der Waals surface area (Å²) in [6.45, 7) is 0.0512. The highest BCUT2D eigenvalue weighted by Crippen LogP contribution is 2.29. The molecule has 3 nitrogen and oxygen atoms in total. The zero-order valence-electron chi connectivity index (χ0n) is 10.5. The molecule has 1 aromatic carbocycles. The van der Waals surface area contributed by atoms with Crippen LogP contribution in [0.1, 0.15) is 11.1 Å². The Labute approximate surface area is 122 Å². The van der Waals surface area contributed by atoms with Gasteiger partial charge in [-0.15, -0.1) is 0 Å². The number of ether oxygens (including phenoxy) is 1. The molecule has 0 amide bonds. The minimum absolute atomic E-state index is 0.0512. The molecule has 8 heteroatoms. The number of nitrogens with zero attached hydrogens (tertiary/aromatic N) is 2. The van der Waals surface area contributed by atoms with Crippen molar-refractivity contribution in [1.82, 2.24) is 9.97 Å². The molecule has 2 aromatic rings. The minimum Gasteiger partial charge on any atom is -0.475 e. The van der Waals surface area contributed by atoms with Gasteiger partial charge in [-0.1, -0.05) is 12.1 Å². The van der Waals surface area contributed by atoms with Gasteiger partial charge in [-0.3, -0.25) is 0 Å². The van der Waals surface area contributed by atoms with Gasteiger partial charge in [0.05, 0.1) is 18.4 Å². The summed E-state index contributed by atoms with van der Waals surface area (Å²) < 4.78 is 55.5. The van der Waals surface area contributed by atoms with Crippen LogP contribution in [0.3, 0.4) is 0 Å². The third kappa shape index (κ3) is 4.29. The molecule has 0 spiro atoms. The average Bonchev–Trinajstić information content (AvgIpc) is 2.42. The van der Waals surface area contributed by atoms with Crippen molar-refractivity contribution in [3.63, 3.8) is 0 Å². The molecule has 0 aliphatic heterocycles. The monoisotopic (exact) mass is 320 g/mol. The molecule has 2 rings (SSSR count). The lowest BCUT2D eigenvalue weighted by Gasteiger charge is -2.08. The fraction of sp³-hybridized carbons (Fsp3) is 0.231. The van der Waals surface area contributed by atoms with Crippen LogP contribution in [0.5, 0.6) is 5.88 Å². The normalized spacial score (nSPS) is 11.5. The number of hydrogen-bond acceptors (Lipinski definition) is 3. The van der Waals surface area contributed by atoms with Crippen molar-refractivity contribution >= 4 is 11.6 Å². The fourth-order valence-corrected chi connectivity index (χ4v) is 1.68. The molecule has 0 unspecified atom stereocenters. The Kier molecular flexibility index (Phi) is 4.62. The van der Waals surface area contributed by atoms with Crippen molar-refractivity contribution in [2.45, 2.75) is 12.6 Å². The lowest BCUT2D eigenvalue weighted by atomic mass is 10.1. The first-order valence-electron chi connectivity index (χ1n) is 5.83. The lowest BCUT2D eigenvalue weighted by molar-refractivity contribution is -0.137. The van der Waals surface area contributed by atoms with Crippen LogP contribution in [-0.4, -0.2) is 16.6 Å². The largest absolute Gasteiger partial charge is 0.475 e. The SMILES string of the molecule is Fc1cnc(Cl)nc1OCCc1ccc(C(F)(F)F)cc1. The average molecular weight is 321 g/mol. The van der Waals surface area contributed by atoms with Crippen LogP contribution >= 0.6 is 11.6 Å². The first-order chi connectivity index (χ1) is 9.86. The Morgan fingerprint density at radius 2 is 1.81 bits per heavy atom. The molecular weight excluding hydrogens is 312 g/mol. The summed E-state index contributed by atoms with van der Waals surface area (Å²) in [6.07, 6.45) is -3.18. The zero-order chi connectivity index (χ0) is 15.5. The summed E-state index contributed by atoms with van der Waals surface area (Å²) >= 11 is 5.50. The second-order valence-corrected chi connectivity index (χ2v) is 4.42. The molecule has 0 bridgehead atoms. The maximum Gasteiger partial charge on any atom is 0.416 e. The van der Waals surface area contributed by atoms with Gasteiger partial charge >= 0.3 is 6.18 Å². The number of alkyl halides is 3. The Hall–Kier alpha value is -1.89. The van der Waals surface area contributed by atoms with Crippen molar-refractivity contribution < 1.29 is 22.3 Å². The third-order valence-corrected chi connectivity index (χ3v) is 2.78. The Morgan fingerprint density at radius 3 is 2.43 bits per heavy atom. The quantitative estimate of drug-likeness (QED) is 0.633. The summed E-state index contributed by atoms with van der Waals surface area (Å²) in [5.41, 5.74) is -0.0932. The highest BCUT2D eigenvalue weighted by atomic mass is 35.5. The van der Waals surface area contributed by atoms with E-state index in [0.29, 0.717) is 12.0 Å². The molecule has 0 saturated heterocycles. The lowest BCUT2D eigenvalue weighted by Crippen LogP contribution is -2.07. The van der Waals surface area contributed by atoms with Gasteiger partial charge in [-0.2, -0.15) is 22.5 Å². The summed E-state index contributed by atoms with van der Waals surface area (Å²) in [4.78, 5) is 6.99. The Morgan fingerprint density at radius 1 is 1.14 bits per heavy atom. The number of aromatic nitrogens is 2. The number of hydrogen-bond donors (Lipinski definition) is 0. The van der Waals surface area contributed by atoms with Gasteiger partial charge in [-0.05, 0) is 29.3 Å². The van der Waals surface area contributed by atoms with Crippen LogP contribution in [0.15, 0.2) is 30.5 Å². The van der Waals surface area contributed by atoms with Gasteiger partial charge in [0, 0.05) is 6.42 Å². The topological polar surface area (TPSA) is 35.0 Å². The molecule has 1 heterocycles. The summed E-state index contributed by atoms with van der Waals surface area (Å²) in [5, 5.41) is -0.152. The molecule has 0 N–H and O–H groups in total. The third-order valence-electron chi connectivity index (χ3n) is 2.59. The minimum atomic E-state index is -4.37. The predicted octanol–water partition coefficient (Wildman–Crippen LogP) is 3.91. The van der Waals surface area contributed by atoms with Crippen molar-refractivity contribution in [2.24, 2.45) is 0 Å². The predicted molar refractivity (Wildman–Crippen MR) is 67.6 cm³/mol. The van der Waals surface area contributed by atoms with Crippen molar-refractivity contribution in [1.29, 1.82) is 0 Å². The standard InChI is InChI=1S/C13H9ClF4N2O/c14-12-19-7-10(15)11(20-12)21-6-5-8-1-3-9(4-2-8)13(16,17)18/h1-4,7H,5-6H2.